The van der Waals surface area contributed by atoms with Crippen molar-refractivity contribution in [2.75, 3.05) is 6.54 Å². The summed E-state index contributed by atoms with van der Waals surface area (Å²) in [5.74, 6) is 0.0929. The van der Waals surface area contributed by atoms with E-state index in [2.05, 4.69) is 45.2 Å². The average Bonchev–Trinajstić information content (AvgIpc) is 2.59. The number of carbonyl (C=O) groups is 2. The number of carbonyl (C=O) groups excluding carboxylic acids is 2. The van der Waals surface area contributed by atoms with Gasteiger partial charge in [0.15, 0.2) is 0 Å². The molecule has 4 nitrogen and oxygen atoms in total. The third kappa shape index (κ3) is 5.90. The number of likely N-dealkylation sites (tertiary alicyclic amines) is 1. The Hall–Kier alpha value is -1.23. The molecule has 2 amide bonds. The molecule has 1 saturated heterocycles. The average molecular weight is 621 g/mol. The molecule has 1 aliphatic heterocycles. The van der Waals surface area contributed by atoms with Crippen LogP contribution in [0.15, 0.2) is 42.5 Å². The van der Waals surface area contributed by atoms with Crippen LogP contribution in [0, 0.1) is 18.4 Å². The van der Waals surface area contributed by atoms with Gasteiger partial charge in [-0.05, 0) is 80.9 Å². The minimum absolute atomic E-state index is 0.145. The van der Waals surface area contributed by atoms with Crippen molar-refractivity contribution in [3.05, 3.63) is 61.0 Å². The van der Waals surface area contributed by atoms with Gasteiger partial charge in [-0.25, -0.2) is 4.39 Å². The van der Waals surface area contributed by atoms with E-state index in [1.54, 1.807) is 6.07 Å². The zero-order valence-electron chi connectivity index (χ0n) is 16.3. The molecule has 0 aromatic heterocycles. The van der Waals surface area contributed by atoms with E-state index >= 15 is 0 Å². The van der Waals surface area contributed by atoms with Gasteiger partial charge in [0, 0.05) is 38.5 Å². The smallest absolute Gasteiger partial charge is 0.229 e. The minimum atomic E-state index is -0.406. The number of rotatable bonds is 6. The van der Waals surface area contributed by atoms with Gasteiger partial charge in [-0.1, -0.05) is 26.0 Å². The van der Waals surface area contributed by atoms with E-state index in [0.29, 0.717) is 25.0 Å². The molecule has 1 aliphatic rings. The number of hydrogen-bond acceptors (Lipinski definition) is 3. The van der Waals surface area contributed by atoms with Gasteiger partial charge in [-0.2, -0.15) is 0 Å². The second kappa shape index (κ2) is 9.28. The largest absolute Gasteiger partial charge is 0.486 e. The highest BCUT2D eigenvalue weighted by molar-refractivity contribution is 14.1. The van der Waals surface area contributed by atoms with Crippen molar-refractivity contribution >= 4 is 57.0 Å². The maximum Gasteiger partial charge on any atom is 0.229 e. The Morgan fingerprint density at radius 2 is 1.79 bits per heavy atom. The maximum atomic E-state index is 13.6. The van der Waals surface area contributed by atoms with Crippen LogP contribution in [0.1, 0.15) is 44.8 Å². The molecule has 2 aromatic rings. The fourth-order valence-electron chi connectivity index (χ4n) is 3.45. The molecule has 2 aromatic carbocycles. The van der Waals surface area contributed by atoms with Crippen LogP contribution < -0.4 is 4.74 Å². The topological polar surface area (TPSA) is 46.6 Å². The number of halogens is 3. The predicted molar refractivity (Wildman–Crippen MR) is 126 cm³/mol. The molecule has 29 heavy (non-hydrogen) atoms. The first-order chi connectivity index (χ1) is 13.6. The molecule has 1 fully saturated rings. The van der Waals surface area contributed by atoms with Crippen molar-refractivity contribution < 1.29 is 18.7 Å². The van der Waals surface area contributed by atoms with E-state index in [0.717, 1.165) is 12.7 Å². The summed E-state index contributed by atoms with van der Waals surface area (Å²) >= 11 is 4.30. The normalized spacial score (nSPS) is 17.3. The zero-order chi connectivity index (χ0) is 21.2. The summed E-state index contributed by atoms with van der Waals surface area (Å²) in [6.45, 7) is 4.14. The summed E-state index contributed by atoms with van der Waals surface area (Å²) in [4.78, 5) is 26.3. The van der Waals surface area contributed by atoms with Crippen LogP contribution in [0.4, 0.5) is 4.39 Å². The summed E-state index contributed by atoms with van der Waals surface area (Å²) in [5, 5.41) is 0. The highest BCUT2D eigenvalue weighted by atomic mass is 127. The standard InChI is InChI=1S/C22H22FI2NO3/c1-22(2)12-20(27)26(21(28)13-22)9-8-19(17-7-6-14(23)10-18(17)25)29-16-5-3-4-15(24)11-16/h3-7,10-11,19H,8-9,12-13H2,1-2H3. The first kappa shape index (κ1) is 22.5. The number of benzene rings is 2. The van der Waals surface area contributed by atoms with Gasteiger partial charge in [0.1, 0.15) is 17.7 Å². The first-order valence-corrected chi connectivity index (χ1v) is 11.5. The lowest BCUT2D eigenvalue weighted by Gasteiger charge is -2.35. The van der Waals surface area contributed by atoms with Crippen LogP contribution in [-0.2, 0) is 9.59 Å². The van der Waals surface area contributed by atoms with E-state index in [-0.39, 0.29) is 29.6 Å². The number of imide groups is 1. The first-order valence-electron chi connectivity index (χ1n) is 9.35. The van der Waals surface area contributed by atoms with Crippen molar-refractivity contribution in [2.45, 2.75) is 39.2 Å². The fourth-order valence-corrected chi connectivity index (χ4v) is 4.79. The van der Waals surface area contributed by atoms with E-state index in [4.69, 9.17) is 4.74 Å². The Kier molecular flexibility index (Phi) is 7.19. The fraction of sp³-hybridized carbons (Fsp3) is 0.364. The lowest BCUT2D eigenvalue weighted by Crippen LogP contribution is -2.46. The summed E-state index contributed by atoms with van der Waals surface area (Å²) in [5.41, 5.74) is 0.538. The Bertz CT molecular complexity index is 912. The van der Waals surface area contributed by atoms with Gasteiger partial charge in [0.05, 0.1) is 0 Å². The Morgan fingerprint density at radius 3 is 2.41 bits per heavy atom. The third-order valence-electron chi connectivity index (χ3n) is 4.86. The van der Waals surface area contributed by atoms with Gasteiger partial charge < -0.3 is 4.74 Å². The minimum Gasteiger partial charge on any atom is -0.486 e. The van der Waals surface area contributed by atoms with Crippen LogP contribution in [0.2, 0.25) is 0 Å². The molecule has 1 atom stereocenters. The van der Waals surface area contributed by atoms with Crippen LogP contribution in [0.3, 0.4) is 0 Å². The highest BCUT2D eigenvalue weighted by Gasteiger charge is 2.37. The molecule has 7 heteroatoms. The molecule has 0 saturated carbocycles. The summed E-state index contributed by atoms with van der Waals surface area (Å²) in [7, 11) is 0. The van der Waals surface area contributed by atoms with Crippen LogP contribution in [-0.4, -0.2) is 23.3 Å². The lowest BCUT2D eigenvalue weighted by atomic mass is 9.81. The Balaban J connectivity index is 1.81. The lowest BCUT2D eigenvalue weighted by molar-refractivity contribution is -0.152. The van der Waals surface area contributed by atoms with E-state index in [9.17, 15) is 14.0 Å². The zero-order valence-corrected chi connectivity index (χ0v) is 20.6. The van der Waals surface area contributed by atoms with Gasteiger partial charge in [0.25, 0.3) is 0 Å². The quantitative estimate of drug-likeness (QED) is 0.307. The van der Waals surface area contributed by atoms with E-state index < -0.39 is 6.10 Å². The molecule has 0 N–H and O–H groups in total. The molecule has 154 valence electrons. The van der Waals surface area contributed by atoms with Crippen molar-refractivity contribution in [3.63, 3.8) is 0 Å². The maximum absolute atomic E-state index is 13.6. The highest BCUT2D eigenvalue weighted by Crippen LogP contribution is 2.34. The predicted octanol–water partition coefficient (Wildman–Crippen LogP) is 5.72. The third-order valence-corrected chi connectivity index (χ3v) is 6.47. The molecule has 0 radical (unpaired) electrons. The molecule has 0 bridgehead atoms. The number of hydrogen-bond donors (Lipinski definition) is 0. The van der Waals surface area contributed by atoms with Crippen LogP contribution in [0.5, 0.6) is 5.75 Å². The van der Waals surface area contributed by atoms with E-state index in [1.807, 2.05) is 38.1 Å². The van der Waals surface area contributed by atoms with Crippen molar-refractivity contribution in [3.8, 4) is 5.75 Å². The molecule has 0 spiro atoms. The monoisotopic (exact) mass is 621 g/mol. The molecule has 1 unspecified atom stereocenters. The van der Waals surface area contributed by atoms with Gasteiger partial charge in [-0.15, -0.1) is 0 Å². The Morgan fingerprint density at radius 1 is 1.10 bits per heavy atom. The van der Waals surface area contributed by atoms with E-state index in [1.165, 1.54) is 17.0 Å². The molecular formula is C22H22FI2NO3. The van der Waals surface area contributed by atoms with Gasteiger partial charge in [-0.3, -0.25) is 14.5 Å². The SMILES string of the molecule is CC1(C)CC(=O)N(CCC(Oc2cccc(I)c2)c2ccc(F)cc2I)C(=O)C1. The molecule has 1 heterocycles. The summed E-state index contributed by atoms with van der Waals surface area (Å²) in [6.07, 6.45) is 0.742. The molecular weight excluding hydrogens is 599 g/mol. The van der Waals surface area contributed by atoms with Crippen molar-refractivity contribution in [1.82, 2.24) is 4.90 Å². The second-order valence-electron chi connectivity index (χ2n) is 7.98. The molecule has 3 rings (SSSR count). The Labute approximate surface area is 197 Å². The van der Waals surface area contributed by atoms with Crippen LogP contribution >= 0.6 is 45.2 Å². The number of amides is 2. The number of ether oxygens (including phenoxy) is 1. The number of piperidine rings is 1. The summed E-state index contributed by atoms with van der Waals surface area (Å²) < 4.78 is 21.6. The van der Waals surface area contributed by atoms with Gasteiger partial charge >= 0.3 is 0 Å². The number of nitrogens with zero attached hydrogens (tertiary/aromatic N) is 1. The second-order valence-corrected chi connectivity index (χ2v) is 10.4. The summed E-state index contributed by atoms with van der Waals surface area (Å²) in [6, 6.07) is 12.2. The van der Waals surface area contributed by atoms with Crippen LogP contribution in [0.25, 0.3) is 0 Å². The van der Waals surface area contributed by atoms with Crippen molar-refractivity contribution in [2.24, 2.45) is 5.41 Å². The van der Waals surface area contributed by atoms with Crippen molar-refractivity contribution in [1.29, 1.82) is 0 Å². The molecule has 0 aliphatic carbocycles. The van der Waals surface area contributed by atoms with Gasteiger partial charge in [0.2, 0.25) is 11.8 Å².